The van der Waals surface area contributed by atoms with Gasteiger partial charge in [0.1, 0.15) is 0 Å². The van der Waals surface area contributed by atoms with Crippen molar-refractivity contribution in [3.63, 3.8) is 0 Å². The molecule has 0 aromatic carbocycles. The van der Waals surface area contributed by atoms with Crippen LogP contribution in [0.1, 0.15) is 90.4 Å². The van der Waals surface area contributed by atoms with E-state index in [0.717, 1.165) is 57.7 Å². The highest BCUT2D eigenvalue weighted by Gasteiger charge is 2.35. The van der Waals surface area contributed by atoms with Gasteiger partial charge in [-0.25, -0.2) is 0 Å². The summed E-state index contributed by atoms with van der Waals surface area (Å²) in [6.45, 7) is 4.64. The molecule has 1 saturated heterocycles. The van der Waals surface area contributed by atoms with Crippen molar-refractivity contribution in [3.8, 4) is 0 Å². The van der Waals surface area contributed by atoms with Gasteiger partial charge in [0, 0.05) is 38.5 Å². The van der Waals surface area contributed by atoms with E-state index in [1.54, 1.807) is 0 Å². The molecule has 1 aliphatic heterocycles. The molecule has 2 fully saturated rings. The number of unbranched alkanes of at least 4 members (excludes halogenated alkanes) is 1. The maximum atomic E-state index is 12.9. The molecule has 2 atom stereocenters. The molecule has 2 aliphatic carbocycles. The van der Waals surface area contributed by atoms with Gasteiger partial charge in [-0.05, 0) is 62.9 Å². The predicted octanol–water partition coefficient (Wildman–Crippen LogP) is 5.24. The summed E-state index contributed by atoms with van der Waals surface area (Å²) in [5.41, 5.74) is 1.26. The van der Waals surface area contributed by atoms with Crippen LogP contribution in [-0.4, -0.2) is 47.3 Å². The van der Waals surface area contributed by atoms with Crippen molar-refractivity contribution >= 4 is 11.8 Å². The SMILES string of the molecule is CCCCN(CC1=CCCC=C1)C(=O)CCCC(=O)N1CCCC2CCCCC21. The molecule has 0 radical (unpaired) electrons. The summed E-state index contributed by atoms with van der Waals surface area (Å²) in [4.78, 5) is 29.9. The van der Waals surface area contributed by atoms with Gasteiger partial charge in [-0.3, -0.25) is 9.59 Å². The fraction of sp³-hybridized carbons (Fsp3) is 0.760. The Morgan fingerprint density at radius 1 is 1.07 bits per heavy atom. The highest BCUT2D eigenvalue weighted by Crippen LogP contribution is 2.35. The molecule has 162 valence electrons. The first-order chi connectivity index (χ1) is 14.2. The third kappa shape index (κ3) is 6.45. The molecule has 1 heterocycles. The first-order valence-electron chi connectivity index (χ1n) is 12.1. The Balaban J connectivity index is 1.46. The lowest BCUT2D eigenvalue weighted by molar-refractivity contribution is -0.138. The number of hydrogen-bond donors (Lipinski definition) is 0. The molecule has 0 N–H and O–H groups in total. The van der Waals surface area contributed by atoms with Crippen LogP contribution < -0.4 is 0 Å². The highest BCUT2D eigenvalue weighted by molar-refractivity contribution is 5.79. The van der Waals surface area contributed by atoms with Gasteiger partial charge in [0.15, 0.2) is 0 Å². The number of nitrogens with zero attached hydrogens (tertiary/aromatic N) is 2. The second-order valence-corrected chi connectivity index (χ2v) is 9.12. The topological polar surface area (TPSA) is 40.6 Å². The Labute approximate surface area is 177 Å². The summed E-state index contributed by atoms with van der Waals surface area (Å²) < 4.78 is 0. The highest BCUT2D eigenvalue weighted by atomic mass is 16.2. The van der Waals surface area contributed by atoms with Crippen LogP contribution in [-0.2, 0) is 9.59 Å². The van der Waals surface area contributed by atoms with Crippen LogP contribution in [0.2, 0.25) is 0 Å². The molecule has 1 saturated carbocycles. The Morgan fingerprint density at radius 3 is 2.69 bits per heavy atom. The molecular formula is C25H40N2O2. The molecule has 0 spiro atoms. The zero-order valence-electron chi connectivity index (χ0n) is 18.4. The maximum absolute atomic E-state index is 12.9. The van der Waals surface area contributed by atoms with E-state index in [1.807, 2.05) is 4.90 Å². The summed E-state index contributed by atoms with van der Waals surface area (Å²) in [5, 5.41) is 0. The average molecular weight is 401 g/mol. The molecule has 0 aromatic rings. The lowest BCUT2D eigenvalue weighted by Crippen LogP contribution is -2.49. The van der Waals surface area contributed by atoms with Crippen molar-refractivity contribution in [1.82, 2.24) is 9.80 Å². The van der Waals surface area contributed by atoms with E-state index >= 15 is 0 Å². The lowest BCUT2D eigenvalue weighted by Gasteiger charge is -2.44. The number of rotatable bonds is 9. The number of piperidine rings is 1. The number of hydrogen-bond acceptors (Lipinski definition) is 2. The van der Waals surface area contributed by atoms with Gasteiger partial charge in [-0.1, -0.05) is 44.4 Å². The van der Waals surface area contributed by atoms with Crippen molar-refractivity contribution in [2.45, 2.75) is 96.4 Å². The Hall–Kier alpha value is -1.58. The van der Waals surface area contributed by atoms with Gasteiger partial charge in [0.05, 0.1) is 0 Å². The second kappa shape index (κ2) is 11.6. The molecule has 3 aliphatic rings. The second-order valence-electron chi connectivity index (χ2n) is 9.12. The largest absolute Gasteiger partial charge is 0.339 e. The summed E-state index contributed by atoms with van der Waals surface area (Å²) >= 11 is 0. The van der Waals surface area contributed by atoms with Crippen LogP contribution in [0.5, 0.6) is 0 Å². The van der Waals surface area contributed by atoms with Gasteiger partial charge >= 0.3 is 0 Å². The van der Waals surface area contributed by atoms with E-state index < -0.39 is 0 Å². The third-order valence-electron chi connectivity index (χ3n) is 6.92. The zero-order valence-corrected chi connectivity index (χ0v) is 18.4. The molecule has 2 amide bonds. The van der Waals surface area contributed by atoms with Crippen molar-refractivity contribution < 1.29 is 9.59 Å². The molecule has 4 heteroatoms. The van der Waals surface area contributed by atoms with Crippen molar-refractivity contribution in [2.24, 2.45) is 5.92 Å². The van der Waals surface area contributed by atoms with E-state index in [4.69, 9.17) is 0 Å². The molecule has 29 heavy (non-hydrogen) atoms. The minimum atomic E-state index is 0.209. The molecule has 0 aromatic heterocycles. The van der Waals surface area contributed by atoms with E-state index in [1.165, 1.54) is 37.7 Å². The number of fused-ring (bicyclic) bond motifs is 1. The molecule has 0 bridgehead atoms. The summed E-state index contributed by atoms with van der Waals surface area (Å²) in [5.74, 6) is 1.22. The smallest absolute Gasteiger partial charge is 0.222 e. The molecule has 4 nitrogen and oxygen atoms in total. The normalized spacial score (nSPS) is 24.0. The van der Waals surface area contributed by atoms with E-state index in [0.29, 0.717) is 25.3 Å². The predicted molar refractivity (Wildman–Crippen MR) is 118 cm³/mol. The number of likely N-dealkylation sites (tertiary alicyclic amines) is 1. The first-order valence-corrected chi connectivity index (χ1v) is 12.1. The van der Waals surface area contributed by atoms with E-state index in [-0.39, 0.29) is 11.8 Å². The van der Waals surface area contributed by atoms with E-state index in [2.05, 4.69) is 30.1 Å². The van der Waals surface area contributed by atoms with Crippen LogP contribution in [0, 0.1) is 5.92 Å². The van der Waals surface area contributed by atoms with Crippen LogP contribution in [0.3, 0.4) is 0 Å². The number of amides is 2. The van der Waals surface area contributed by atoms with Crippen LogP contribution in [0.25, 0.3) is 0 Å². The number of carbonyl (C=O) groups is 2. The van der Waals surface area contributed by atoms with Gasteiger partial charge in [-0.2, -0.15) is 0 Å². The summed E-state index contributed by atoms with van der Waals surface area (Å²) in [6, 6.07) is 0.479. The van der Waals surface area contributed by atoms with Crippen LogP contribution >= 0.6 is 0 Å². The van der Waals surface area contributed by atoms with Crippen molar-refractivity contribution in [1.29, 1.82) is 0 Å². The standard InChI is InChI=1S/C25H40N2O2/c1-2-3-18-26(20-21-11-5-4-6-12-21)24(28)16-9-17-25(29)27-19-10-14-22-13-7-8-15-23(22)27/h5,11-12,22-23H,2-4,6-10,13-20H2,1H3. The van der Waals surface area contributed by atoms with Gasteiger partial charge in [-0.15, -0.1) is 0 Å². The fourth-order valence-electron chi connectivity index (χ4n) is 5.27. The minimum absolute atomic E-state index is 0.209. The number of carbonyl (C=O) groups excluding carboxylic acids is 2. The van der Waals surface area contributed by atoms with Gasteiger partial charge in [0.2, 0.25) is 11.8 Å². The first kappa shape index (κ1) is 22.1. The van der Waals surface area contributed by atoms with Crippen molar-refractivity contribution in [2.75, 3.05) is 19.6 Å². The molecular weight excluding hydrogens is 360 g/mol. The lowest BCUT2D eigenvalue weighted by atomic mass is 9.78. The molecule has 2 unspecified atom stereocenters. The quantitative estimate of drug-likeness (QED) is 0.531. The number of allylic oxidation sites excluding steroid dienone is 2. The van der Waals surface area contributed by atoms with Gasteiger partial charge < -0.3 is 9.80 Å². The van der Waals surface area contributed by atoms with Gasteiger partial charge in [0.25, 0.3) is 0 Å². The third-order valence-corrected chi connectivity index (χ3v) is 6.92. The van der Waals surface area contributed by atoms with E-state index in [9.17, 15) is 9.59 Å². The summed E-state index contributed by atoms with van der Waals surface area (Å²) in [7, 11) is 0. The molecule has 3 rings (SSSR count). The Morgan fingerprint density at radius 2 is 1.90 bits per heavy atom. The maximum Gasteiger partial charge on any atom is 0.222 e. The minimum Gasteiger partial charge on any atom is -0.339 e. The van der Waals surface area contributed by atoms with Crippen molar-refractivity contribution in [3.05, 3.63) is 23.8 Å². The average Bonchev–Trinajstić information content (AvgIpc) is 2.76. The van der Waals surface area contributed by atoms with Crippen LogP contribution in [0.4, 0.5) is 0 Å². The fourth-order valence-corrected chi connectivity index (χ4v) is 5.27. The zero-order chi connectivity index (χ0) is 20.5. The van der Waals surface area contributed by atoms with Crippen LogP contribution in [0.15, 0.2) is 23.8 Å². The monoisotopic (exact) mass is 400 g/mol. The summed E-state index contributed by atoms with van der Waals surface area (Å²) in [6.07, 6.45) is 20.2. The Bertz CT molecular complexity index is 608. The Kier molecular flexibility index (Phi) is 8.82.